The second-order valence-electron chi connectivity index (χ2n) is 3.97. The fourth-order valence-electron chi connectivity index (χ4n) is 1.78. The molecule has 1 saturated heterocycles. The highest BCUT2D eigenvalue weighted by atomic mass is 32.2. The van der Waals surface area contributed by atoms with Gasteiger partial charge in [0.25, 0.3) is 0 Å². The van der Waals surface area contributed by atoms with Gasteiger partial charge < -0.3 is 5.32 Å². The first-order valence-electron chi connectivity index (χ1n) is 5.53. The van der Waals surface area contributed by atoms with Gasteiger partial charge in [-0.3, -0.25) is 9.89 Å². The van der Waals surface area contributed by atoms with Crippen LogP contribution in [0.15, 0.2) is 6.33 Å². The van der Waals surface area contributed by atoms with E-state index in [1.54, 1.807) is 0 Å². The molecule has 1 fully saturated rings. The van der Waals surface area contributed by atoms with Crippen molar-refractivity contribution in [3.05, 3.63) is 12.2 Å². The van der Waals surface area contributed by atoms with Crippen molar-refractivity contribution < 1.29 is 4.79 Å². The first-order chi connectivity index (χ1) is 7.84. The SMILES string of the molecule is O=C(CC1CCSCC1)NCc1ncn[nH]1. The number of hydrogen-bond donors (Lipinski definition) is 2. The third-order valence-corrected chi connectivity index (χ3v) is 3.78. The summed E-state index contributed by atoms with van der Waals surface area (Å²) in [5.41, 5.74) is 0. The van der Waals surface area contributed by atoms with Crippen LogP contribution in [0.5, 0.6) is 0 Å². The zero-order chi connectivity index (χ0) is 11.2. The van der Waals surface area contributed by atoms with Crippen molar-refractivity contribution >= 4 is 17.7 Å². The number of rotatable bonds is 4. The second-order valence-corrected chi connectivity index (χ2v) is 5.19. The number of H-pyrrole nitrogens is 1. The molecule has 6 heteroatoms. The van der Waals surface area contributed by atoms with Crippen molar-refractivity contribution in [2.24, 2.45) is 5.92 Å². The summed E-state index contributed by atoms with van der Waals surface area (Å²) in [6, 6.07) is 0. The minimum Gasteiger partial charge on any atom is -0.349 e. The number of amides is 1. The fourth-order valence-corrected chi connectivity index (χ4v) is 2.99. The number of carbonyl (C=O) groups excluding carboxylic acids is 1. The molecule has 2 heterocycles. The van der Waals surface area contributed by atoms with Crippen LogP contribution in [-0.2, 0) is 11.3 Å². The van der Waals surface area contributed by atoms with E-state index in [4.69, 9.17) is 0 Å². The molecule has 1 aromatic heterocycles. The lowest BCUT2D eigenvalue weighted by Crippen LogP contribution is -2.26. The van der Waals surface area contributed by atoms with Crippen molar-refractivity contribution in [1.82, 2.24) is 20.5 Å². The van der Waals surface area contributed by atoms with Crippen LogP contribution in [0.1, 0.15) is 25.1 Å². The Morgan fingerprint density at radius 1 is 1.56 bits per heavy atom. The zero-order valence-electron chi connectivity index (χ0n) is 9.11. The van der Waals surface area contributed by atoms with Crippen molar-refractivity contribution in [3.63, 3.8) is 0 Å². The maximum Gasteiger partial charge on any atom is 0.220 e. The maximum atomic E-state index is 11.6. The summed E-state index contributed by atoms with van der Waals surface area (Å²) in [6.45, 7) is 0.445. The predicted molar refractivity (Wildman–Crippen MR) is 62.9 cm³/mol. The van der Waals surface area contributed by atoms with E-state index in [1.165, 1.54) is 30.7 Å². The Labute approximate surface area is 98.8 Å². The molecule has 0 unspecified atom stereocenters. The lowest BCUT2D eigenvalue weighted by Gasteiger charge is -2.20. The van der Waals surface area contributed by atoms with Crippen molar-refractivity contribution in [3.8, 4) is 0 Å². The zero-order valence-corrected chi connectivity index (χ0v) is 9.92. The number of nitrogens with zero attached hydrogens (tertiary/aromatic N) is 2. The Balaban J connectivity index is 1.67. The molecule has 0 saturated carbocycles. The third-order valence-electron chi connectivity index (χ3n) is 2.73. The van der Waals surface area contributed by atoms with E-state index in [-0.39, 0.29) is 5.91 Å². The highest BCUT2D eigenvalue weighted by Crippen LogP contribution is 2.24. The quantitative estimate of drug-likeness (QED) is 0.822. The molecule has 1 aromatic rings. The molecule has 0 radical (unpaired) electrons. The number of aromatic nitrogens is 3. The normalized spacial score (nSPS) is 17.2. The van der Waals surface area contributed by atoms with E-state index in [2.05, 4.69) is 20.5 Å². The first kappa shape index (κ1) is 11.4. The molecule has 5 nitrogen and oxygen atoms in total. The smallest absolute Gasteiger partial charge is 0.220 e. The monoisotopic (exact) mass is 240 g/mol. The number of aromatic amines is 1. The Morgan fingerprint density at radius 2 is 2.38 bits per heavy atom. The Morgan fingerprint density at radius 3 is 3.06 bits per heavy atom. The summed E-state index contributed by atoms with van der Waals surface area (Å²) < 4.78 is 0. The van der Waals surface area contributed by atoms with E-state index in [0.29, 0.717) is 24.7 Å². The summed E-state index contributed by atoms with van der Waals surface area (Å²) in [7, 11) is 0. The van der Waals surface area contributed by atoms with Crippen LogP contribution in [0.2, 0.25) is 0 Å². The molecule has 16 heavy (non-hydrogen) atoms. The summed E-state index contributed by atoms with van der Waals surface area (Å²) in [6.07, 6.45) is 4.43. The molecule has 88 valence electrons. The lowest BCUT2D eigenvalue weighted by molar-refractivity contribution is -0.122. The molecule has 0 atom stereocenters. The average Bonchev–Trinajstić information content (AvgIpc) is 2.81. The molecular formula is C10H16N4OS. The van der Waals surface area contributed by atoms with Gasteiger partial charge in [-0.15, -0.1) is 0 Å². The van der Waals surface area contributed by atoms with Gasteiger partial charge in [-0.1, -0.05) is 0 Å². The van der Waals surface area contributed by atoms with Gasteiger partial charge in [0, 0.05) is 6.42 Å². The minimum atomic E-state index is 0.119. The highest BCUT2D eigenvalue weighted by molar-refractivity contribution is 7.99. The van der Waals surface area contributed by atoms with Gasteiger partial charge >= 0.3 is 0 Å². The summed E-state index contributed by atoms with van der Waals surface area (Å²) in [5.74, 6) is 3.77. The van der Waals surface area contributed by atoms with Gasteiger partial charge in [-0.25, -0.2) is 4.98 Å². The number of carbonyl (C=O) groups is 1. The van der Waals surface area contributed by atoms with Crippen LogP contribution in [0.25, 0.3) is 0 Å². The topological polar surface area (TPSA) is 70.7 Å². The predicted octanol–water partition coefficient (Wildman–Crippen LogP) is 0.954. The summed E-state index contributed by atoms with van der Waals surface area (Å²) in [4.78, 5) is 15.6. The van der Waals surface area contributed by atoms with Gasteiger partial charge in [0.15, 0.2) is 0 Å². The molecule has 0 aliphatic carbocycles. The van der Waals surface area contributed by atoms with E-state index in [0.717, 1.165) is 0 Å². The van der Waals surface area contributed by atoms with E-state index in [9.17, 15) is 4.79 Å². The maximum absolute atomic E-state index is 11.6. The van der Waals surface area contributed by atoms with Crippen molar-refractivity contribution in [2.45, 2.75) is 25.8 Å². The minimum absolute atomic E-state index is 0.119. The largest absolute Gasteiger partial charge is 0.349 e. The van der Waals surface area contributed by atoms with Gasteiger partial charge in [-0.2, -0.15) is 16.9 Å². The number of nitrogens with one attached hydrogen (secondary N) is 2. The van der Waals surface area contributed by atoms with Crippen molar-refractivity contribution in [2.75, 3.05) is 11.5 Å². The van der Waals surface area contributed by atoms with Crippen LogP contribution >= 0.6 is 11.8 Å². The van der Waals surface area contributed by atoms with Gasteiger partial charge in [0.2, 0.25) is 5.91 Å². The molecule has 0 spiro atoms. The molecule has 0 bridgehead atoms. The van der Waals surface area contributed by atoms with Crippen LogP contribution in [-0.4, -0.2) is 32.6 Å². The third kappa shape index (κ3) is 3.52. The van der Waals surface area contributed by atoms with Crippen LogP contribution in [0.4, 0.5) is 0 Å². The molecule has 2 N–H and O–H groups in total. The Hall–Kier alpha value is -1.04. The molecule has 1 amide bonds. The van der Waals surface area contributed by atoms with Crippen molar-refractivity contribution in [1.29, 1.82) is 0 Å². The van der Waals surface area contributed by atoms with E-state index >= 15 is 0 Å². The average molecular weight is 240 g/mol. The van der Waals surface area contributed by atoms with E-state index in [1.807, 2.05) is 11.8 Å². The standard InChI is InChI=1S/C10H16N4OS/c15-10(5-8-1-3-16-4-2-8)11-6-9-12-7-13-14-9/h7-8H,1-6H2,(H,11,15)(H,12,13,14). The van der Waals surface area contributed by atoms with Crippen LogP contribution in [0, 0.1) is 5.92 Å². The number of hydrogen-bond acceptors (Lipinski definition) is 4. The van der Waals surface area contributed by atoms with Gasteiger partial charge in [0.1, 0.15) is 12.2 Å². The number of thioether (sulfide) groups is 1. The lowest BCUT2D eigenvalue weighted by atomic mass is 9.98. The second kappa shape index (κ2) is 5.89. The molecule has 1 aliphatic heterocycles. The van der Waals surface area contributed by atoms with Crippen LogP contribution in [0.3, 0.4) is 0 Å². The Bertz CT molecular complexity index is 322. The first-order valence-corrected chi connectivity index (χ1v) is 6.69. The molecular weight excluding hydrogens is 224 g/mol. The Kier molecular flexibility index (Phi) is 4.21. The molecule has 1 aliphatic rings. The summed E-state index contributed by atoms with van der Waals surface area (Å²) in [5, 5.41) is 9.30. The molecule has 2 rings (SSSR count). The van der Waals surface area contributed by atoms with Gasteiger partial charge in [0.05, 0.1) is 6.54 Å². The van der Waals surface area contributed by atoms with E-state index < -0.39 is 0 Å². The highest BCUT2D eigenvalue weighted by Gasteiger charge is 2.17. The fraction of sp³-hybridized carbons (Fsp3) is 0.700. The van der Waals surface area contributed by atoms with Crippen LogP contribution < -0.4 is 5.32 Å². The summed E-state index contributed by atoms with van der Waals surface area (Å²) >= 11 is 1.98. The van der Waals surface area contributed by atoms with Gasteiger partial charge in [-0.05, 0) is 30.3 Å². The molecule has 0 aromatic carbocycles.